The number of carbonyl (C=O) groups is 1. The molecule has 2 aromatic carbocycles. The Morgan fingerprint density at radius 2 is 1.81 bits per heavy atom. The lowest BCUT2D eigenvalue weighted by Gasteiger charge is -2.12. The normalized spacial score (nSPS) is 11.0. The molecule has 0 saturated heterocycles. The molecular weight excluding hydrogens is 360 g/mol. The second kappa shape index (κ2) is 7.33. The van der Waals surface area contributed by atoms with Gasteiger partial charge in [0.15, 0.2) is 5.58 Å². The zero-order chi connectivity index (χ0) is 18.8. The van der Waals surface area contributed by atoms with E-state index >= 15 is 0 Å². The van der Waals surface area contributed by atoms with Crippen LogP contribution in [0.4, 0.5) is 0 Å². The van der Waals surface area contributed by atoms with Crippen molar-refractivity contribution < 1.29 is 9.21 Å². The summed E-state index contributed by atoms with van der Waals surface area (Å²) in [7, 11) is 0. The molecule has 0 radical (unpaired) electrons. The van der Waals surface area contributed by atoms with Crippen LogP contribution in [0.15, 0.2) is 71.1 Å². The number of aromatic nitrogens is 1. The van der Waals surface area contributed by atoms with Gasteiger partial charge < -0.3 is 14.3 Å². The van der Waals surface area contributed by atoms with E-state index in [1.54, 1.807) is 6.07 Å². The molecule has 5 heteroatoms. The number of fused-ring (bicyclic) bond motifs is 1. The number of aryl methyl sites for hydroxylation is 1. The van der Waals surface area contributed by atoms with Gasteiger partial charge in [0.25, 0.3) is 5.91 Å². The van der Waals surface area contributed by atoms with Crippen LogP contribution < -0.4 is 5.32 Å². The van der Waals surface area contributed by atoms with Gasteiger partial charge in [-0.05, 0) is 24.1 Å². The van der Waals surface area contributed by atoms with Crippen LogP contribution in [-0.2, 0) is 13.1 Å². The topological polar surface area (TPSA) is 47.2 Å². The van der Waals surface area contributed by atoms with Gasteiger partial charge in [-0.15, -0.1) is 0 Å². The molecule has 0 bridgehead atoms. The predicted octanol–water partition coefficient (Wildman–Crippen LogP) is 5.17. The number of hydrogen-bond acceptors (Lipinski definition) is 2. The van der Waals surface area contributed by atoms with Crippen LogP contribution in [0.5, 0.6) is 0 Å². The average Bonchev–Trinajstić information content (AvgIpc) is 3.19. The Hall–Kier alpha value is -2.98. The molecule has 0 fully saturated rings. The third-order valence-corrected chi connectivity index (χ3v) is 4.90. The number of furan rings is 1. The van der Waals surface area contributed by atoms with Gasteiger partial charge in [-0.25, -0.2) is 0 Å². The van der Waals surface area contributed by atoms with Crippen LogP contribution in [-0.4, -0.2) is 10.5 Å². The second-order valence-electron chi connectivity index (χ2n) is 6.48. The number of nitrogens with one attached hydrogen (secondary N) is 1. The number of halogens is 1. The first-order valence-corrected chi connectivity index (χ1v) is 9.15. The standard InChI is InChI=1S/C22H19ClN2O2/c1-15-11-19-21(27-15)12-20(22(26)24-13-16-7-3-2-4-8-16)25(19)14-17-9-5-6-10-18(17)23/h2-12H,13-14H2,1H3,(H,24,26). The number of benzene rings is 2. The van der Waals surface area contributed by atoms with E-state index in [2.05, 4.69) is 5.32 Å². The molecule has 0 unspecified atom stereocenters. The van der Waals surface area contributed by atoms with E-state index in [0.717, 1.165) is 22.4 Å². The summed E-state index contributed by atoms with van der Waals surface area (Å²) in [5.41, 5.74) is 4.14. The molecule has 0 aliphatic carbocycles. The maximum atomic E-state index is 12.9. The number of nitrogens with zero attached hydrogens (tertiary/aromatic N) is 1. The largest absolute Gasteiger partial charge is 0.460 e. The van der Waals surface area contributed by atoms with Crippen molar-refractivity contribution in [1.82, 2.24) is 9.88 Å². The van der Waals surface area contributed by atoms with E-state index < -0.39 is 0 Å². The maximum Gasteiger partial charge on any atom is 0.268 e. The lowest BCUT2D eigenvalue weighted by Crippen LogP contribution is -2.25. The minimum atomic E-state index is -0.144. The van der Waals surface area contributed by atoms with Crippen molar-refractivity contribution in [3.8, 4) is 0 Å². The van der Waals surface area contributed by atoms with Crippen LogP contribution >= 0.6 is 11.6 Å². The molecule has 0 atom stereocenters. The summed E-state index contributed by atoms with van der Waals surface area (Å²) in [6.45, 7) is 2.86. The molecule has 0 saturated carbocycles. The van der Waals surface area contributed by atoms with E-state index in [4.69, 9.17) is 16.0 Å². The quantitative estimate of drug-likeness (QED) is 0.520. The molecule has 4 nitrogen and oxygen atoms in total. The van der Waals surface area contributed by atoms with Crippen molar-refractivity contribution in [2.24, 2.45) is 0 Å². The highest BCUT2D eigenvalue weighted by molar-refractivity contribution is 6.31. The minimum absolute atomic E-state index is 0.144. The van der Waals surface area contributed by atoms with E-state index in [9.17, 15) is 4.79 Å². The summed E-state index contributed by atoms with van der Waals surface area (Å²) >= 11 is 6.33. The minimum Gasteiger partial charge on any atom is -0.460 e. The van der Waals surface area contributed by atoms with Crippen molar-refractivity contribution in [3.05, 3.63) is 94.3 Å². The molecule has 2 aromatic heterocycles. The number of hydrogen-bond donors (Lipinski definition) is 1. The summed E-state index contributed by atoms with van der Waals surface area (Å²) in [6.07, 6.45) is 0. The molecule has 4 rings (SSSR count). The van der Waals surface area contributed by atoms with E-state index in [1.165, 1.54) is 0 Å². The van der Waals surface area contributed by atoms with E-state index in [-0.39, 0.29) is 5.91 Å². The summed E-state index contributed by atoms with van der Waals surface area (Å²) in [6, 6.07) is 21.2. The molecule has 27 heavy (non-hydrogen) atoms. The Kier molecular flexibility index (Phi) is 4.73. The lowest BCUT2D eigenvalue weighted by atomic mass is 10.2. The number of rotatable bonds is 5. The zero-order valence-electron chi connectivity index (χ0n) is 14.9. The van der Waals surface area contributed by atoms with Crippen LogP contribution in [0, 0.1) is 6.92 Å². The summed E-state index contributed by atoms with van der Waals surface area (Å²) in [5.74, 6) is 0.666. The Bertz CT molecular complexity index is 1100. The van der Waals surface area contributed by atoms with Gasteiger partial charge in [0, 0.05) is 30.2 Å². The molecular formula is C22H19ClN2O2. The lowest BCUT2D eigenvalue weighted by molar-refractivity contribution is 0.0942. The first kappa shape index (κ1) is 17.4. The van der Waals surface area contributed by atoms with Gasteiger partial charge in [-0.1, -0.05) is 60.1 Å². The van der Waals surface area contributed by atoms with Crippen molar-refractivity contribution in [2.45, 2.75) is 20.0 Å². The highest BCUT2D eigenvalue weighted by atomic mass is 35.5. The molecule has 2 heterocycles. The fourth-order valence-corrected chi connectivity index (χ4v) is 3.38. The highest BCUT2D eigenvalue weighted by Gasteiger charge is 2.19. The van der Waals surface area contributed by atoms with Crippen molar-refractivity contribution in [3.63, 3.8) is 0 Å². The van der Waals surface area contributed by atoms with Gasteiger partial charge in [0.2, 0.25) is 0 Å². The molecule has 0 spiro atoms. The SMILES string of the molecule is Cc1cc2c(cc(C(=O)NCc3ccccc3)n2Cc2ccccc2Cl)o1. The Morgan fingerprint density at radius 1 is 1.07 bits per heavy atom. The summed E-state index contributed by atoms with van der Waals surface area (Å²) in [5, 5.41) is 3.66. The van der Waals surface area contributed by atoms with Gasteiger partial charge in [0.1, 0.15) is 11.5 Å². The molecule has 136 valence electrons. The van der Waals surface area contributed by atoms with Crippen LogP contribution in [0.3, 0.4) is 0 Å². The molecule has 0 aliphatic rings. The Balaban J connectivity index is 1.66. The van der Waals surface area contributed by atoms with Crippen LogP contribution in [0.2, 0.25) is 5.02 Å². The Morgan fingerprint density at radius 3 is 2.59 bits per heavy atom. The fourth-order valence-electron chi connectivity index (χ4n) is 3.19. The number of amides is 1. The van der Waals surface area contributed by atoms with Crippen molar-refractivity contribution in [2.75, 3.05) is 0 Å². The van der Waals surface area contributed by atoms with Crippen molar-refractivity contribution in [1.29, 1.82) is 0 Å². The predicted molar refractivity (Wildman–Crippen MR) is 107 cm³/mol. The summed E-state index contributed by atoms with van der Waals surface area (Å²) < 4.78 is 7.69. The van der Waals surface area contributed by atoms with Crippen LogP contribution in [0.25, 0.3) is 11.1 Å². The van der Waals surface area contributed by atoms with E-state index in [1.807, 2.05) is 72.2 Å². The highest BCUT2D eigenvalue weighted by Crippen LogP contribution is 2.26. The zero-order valence-corrected chi connectivity index (χ0v) is 15.7. The molecule has 4 aromatic rings. The number of carbonyl (C=O) groups excluding carboxylic acids is 1. The Labute approximate surface area is 162 Å². The first-order valence-electron chi connectivity index (χ1n) is 8.77. The third-order valence-electron chi connectivity index (χ3n) is 4.53. The fraction of sp³-hybridized carbons (Fsp3) is 0.136. The van der Waals surface area contributed by atoms with Gasteiger partial charge >= 0.3 is 0 Å². The smallest absolute Gasteiger partial charge is 0.268 e. The molecule has 0 aliphatic heterocycles. The van der Waals surface area contributed by atoms with Gasteiger partial charge in [-0.2, -0.15) is 0 Å². The van der Waals surface area contributed by atoms with Crippen LogP contribution in [0.1, 0.15) is 27.4 Å². The van der Waals surface area contributed by atoms with Gasteiger partial charge in [-0.3, -0.25) is 4.79 Å². The van der Waals surface area contributed by atoms with Gasteiger partial charge in [0.05, 0.1) is 5.52 Å². The maximum absolute atomic E-state index is 12.9. The van der Waals surface area contributed by atoms with Crippen molar-refractivity contribution >= 4 is 28.6 Å². The monoisotopic (exact) mass is 378 g/mol. The summed E-state index contributed by atoms with van der Waals surface area (Å²) in [4.78, 5) is 12.9. The first-order chi connectivity index (χ1) is 13.1. The van der Waals surface area contributed by atoms with E-state index in [0.29, 0.717) is 29.4 Å². The molecule has 1 N–H and O–H groups in total. The average molecular weight is 379 g/mol. The third kappa shape index (κ3) is 3.62. The molecule has 1 amide bonds. The second-order valence-corrected chi connectivity index (χ2v) is 6.89.